The van der Waals surface area contributed by atoms with Gasteiger partial charge in [0.2, 0.25) is 5.78 Å². The topological polar surface area (TPSA) is 17.1 Å². The van der Waals surface area contributed by atoms with Crippen LogP contribution in [-0.4, -0.2) is 5.78 Å². The van der Waals surface area contributed by atoms with E-state index in [9.17, 15) is 4.79 Å². The van der Waals surface area contributed by atoms with Crippen molar-refractivity contribution < 1.29 is 4.79 Å². The average molecular weight is 155 g/mol. The second-order valence-corrected chi connectivity index (χ2v) is 2.75. The normalized spacial score (nSPS) is 13.4. The highest BCUT2D eigenvalue weighted by molar-refractivity contribution is 6.04. The first-order valence-electron chi connectivity index (χ1n) is 3.79. The smallest absolute Gasteiger partial charge is 0.236 e. The molecular formula is C11H7O+. The Labute approximate surface area is 71.4 Å². The zero-order chi connectivity index (χ0) is 8.55. The van der Waals surface area contributed by atoms with Gasteiger partial charge in [0, 0.05) is 12.5 Å². The van der Waals surface area contributed by atoms with Crippen molar-refractivity contribution in [3.8, 4) is 12.3 Å². The van der Waals surface area contributed by atoms with Crippen molar-refractivity contribution in [2.75, 3.05) is 0 Å². The molecule has 0 spiro atoms. The van der Waals surface area contributed by atoms with Gasteiger partial charge < -0.3 is 0 Å². The Morgan fingerprint density at radius 3 is 3.08 bits per heavy atom. The summed E-state index contributed by atoms with van der Waals surface area (Å²) in [7, 11) is 0. The van der Waals surface area contributed by atoms with Gasteiger partial charge in [0.05, 0.1) is 12.0 Å². The van der Waals surface area contributed by atoms with Gasteiger partial charge in [0.25, 0.3) is 0 Å². The summed E-state index contributed by atoms with van der Waals surface area (Å²) in [5, 5.41) is 0. The number of Topliss-reactive ketones (excluding diaryl/α,β-unsaturated/α-hetero) is 1. The SMILES string of the molecule is C#Cc1cccc2c1C(=O)C[CH+]2. The standard InChI is InChI=1S/C11H7O/c1-2-8-4-3-5-9-6-7-10(12)11(8)9/h1,3-6H,7H2/q+1. The molecule has 0 unspecified atom stereocenters. The molecule has 0 aromatic heterocycles. The van der Waals surface area contributed by atoms with E-state index in [0.717, 1.165) is 11.1 Å². The summed E-state index contributed by atoms with van der Waals surface area (Å²) < 4.78 is 0. The molecule has 0 saturated carbocycles. The molecule has 1 aliphatic carbocycles. The zero-order valence-electron chi connectivity index (χ0n) is 6.50. The van der Waals surface area contributed by atoms with Crippen LogP contribution in [0.5, 0.6) is 0 Å². The fourth-order valence-electron chi connectivity index (χ4n) is 1.48. The van der Waals surface area contributed by atoms with Gasteiger partial charge in [-0.25, -0.2) is 0 Å². The summed E-state index contributed by atoms with van der Waals surface area (Å²) in [6.45, 7) is 0. The summed E-state index contributed by atoms with van der Waals surface area (Å²) in [4.78, 5) is 11.3. The van der Waals surface area contributed by atoms with Crippen LogP contribution >= 0.6 is 0 Å². The lowest BCUT2D eigenvalue weighted by atomic mass is 10.0. The monoisotopic (exact) mass is 155 g/mol. The van der Waals surface area contributed by atoms with Gasteiger partial charge in [0.15, 0.2) is 0 Å². The molecule has 12 heavy (non-hydrogen) atoms. The maximum absolute atomic E-state index is 11.3. The van der Waals surface area contributed by atoms with E-state index >= 15 is 0 Å². The number of hydrogen-bond acceptors (Lipinski definition) is 1. The molecule has 0 bridgehead atoms. The Balaban J connectivity index is 2.70. The third kappa shape index (κ3) is 0.820. The molecule has 1 aromatic carbocycles. The highest BCUT2D eigenvalue weighted by atomic mass is 16.1. The van der Waals surface area contributed by atoms with Crippen molar-refractivity contribution in [2.24, 2.45) is 0 Å². The number of carbonyl (C=O) groups excluding carboxylic acids is 1. The number of hydrogen-bond donors (Lipinski definition) is 0. The predicted molar refractivity (Wildman–Crippen MR) is 46.7 cm³/mol. The van der Waals surface area contributed by atoms with Gasteiger partial charge in [-0.05, 0) is 12.1 Å². The number of benzene rings is 1. The molecule has 1 nitrogen and oxygen atoms in total. The molecule has 0 saturated heterocycles. The molecule has 0 atom stereocenters. The molecule has 0 heterocycles. The molecule has 0 N–H and O–H groups in total. The van der Waals surface area contributed by atoms with Crippen LogP contribution < -0.4 is 0 Å². The fourth-order valence-corrected chi connectivity index (χ4v) is 1.48. The lowest BCUT2D eigenvalue weighted by Crippen LogP contribution is -1.95. The number of fused-ring (bicyclic) bond motifs is 1. The van der Waals surface area contributed by atoms with Crippen LogP contribution in [0.25, 0.3) is 0 Å². The molecule has 0 amide bonds. The third-order valence-corrected chi connectivity index (χ3v) is 2.04. The Morgan fingerprint density at radius 2 is 2.33 bits per heavy atom. The van der Waals surface area contributed by atoms with Crippen LogP contribution in [0.15, 0.2) is 18.2 Å². The van der Waals surface area contributed by atoms with Crippen LogP contribution in [-0.2, 0) is 0 Å². The molecule has 1 heteroatoms. The minimum absolute atomic E-state index is 0.138. The minimum atomic E-state index is 0.138. The number of rotatable bonds is 0. The van der Waals surface area contributed by atoms with E-state index in [1.54, 1.807) is 6.07 Å². The maximum atomic E-state index is 11.3. The molecule has 0 fully saturated rings. The second-order valence-electron chi connectivity index (χ2n) is 2.75. The number of ketones is 1. The minimum Gasteiger partial charge on any atom is -0.276 e. The summed E-state index contributed by atoms with van der Waals surface area (Å²) in [6.07, 6.45) is 7.68. The van der Waals surface area contributed by atoms with Crippen molar-refractivity contribution in [1.29, 1.82) is 0 Å². The van der Waals surface area contributed by atoms with Crippen molar-refractivity contribution in [3.63, 3.8) is 0 Å². The number of carbonyl (C=O) groups is 1. The third-order valence-electron chi connectivity index (χ3n) is 2.04. The van der Waals surface area contributed by atoms with Crippen LogP contribution in [0, 0.1) is 18.8 Å². The van der Waals surface area contributed by atoms with E-state index in [1.165, 1.54) is 0 Å². The van der Waals surface area contributed by atoms with Crippen LogP contribution in [0.4, 0.5) is 0 Å². The first-order valence-corrected chi connectivity index (χ1v) is 3.79. The zero-order valence-corrected chi connectivity index (χ0v) is 6.50. The highest BCUT2D eigenvalue weighted by Crippen LogP contribution is 2.25. The first-order chi connectivity index (χ1) is 5.83. The first kappa shape index (κ1) is 7.00. The summed E-state index contributed by atoms with van der Waals surface area (Å²) in [5.41, 5.74) is 2.42. The van der Waals surface area contributed by atoms with Crippen molar-refractivity contribution in [1.82, 2.24) is 0 Å². The molecule has 0 aliphatic heterocycles. The average Bonchev–Trinajstić information content (AvgIpc) is 2.48. The van der Waals surface area contributed by atoms with Gasteiger partial charge in [-0.2, -0.15) is 0 Å². The lowest BCUT2D eigenvalue weighted by molar-refractivity contribution is 0.100. The Morgan fingerprint density at radius 1 is 1.50 bits per heavy atom. The molecule has 2 rings (SSSR count). The van der Waals surface area contributed by atoms with Gasteiger partial charge in [-0.3, -0.25) is 4.79 Å². The molecule has 56 valence electrons. The van der Waals surface area contributed by atoms with E-state index in [-0.39, 0.29) is 5.78 Å². The van der Waals surface area contributed by atoms with Crippen LogP contribution in [0.1, 0.15) is 27.9 Å². The fraction of sp³-hybridized carbons (Fsp3) is 0.0909. The Hall–Kier alpha value is -1.68. The summed E-state index contributed by atoms with van der Waals surface area (Å²) >= 11 is 0. The van der Waals surface area contributed by atoms with Crippen molar-refractivity contribution in [3.05, 3.63) is 41.3 Å². The molecule has 0 radical (unpaired) electrons. The summed E-state index contributed by atoms with van der Waals surface area (Å²) in [5.74, 6) is 2.65. The molecule has 1 aromatic rings. The van der Waals surface area contributed by atoms with E-state index < -0.39 is 0 Å². The van der Waals surface area contributed by atoms with Crippen LogP contribution in [0.2, 0.25) is 0 Å². The highest BCUT2D eigenvalue weighted by Gasteiger charge is 2.30. The van der Waals surface area contributed by atoms with E-state index in [1.807, 2.05) is 18.6 Å². The predicted octanol–water partition coefficient (Wildman–Crippen LogP) is 1.81. The number of terminal acetylenes is 1. The largest absolute Gasteiger partial charge is 0.276 e. The van der Waals surface area contributed by atoms with E-state index in [2.05, 4.69) is 5.92 Å². The summed E-state index contributed by atoms with van der Waals surface area (Å²) in [6, 6.07) is 5.60. The van der Waals surface area contributed by atoms with Gasteiger partial charge in [-0.1, -0.05) is 5.92 Å². The quantitative estimate of drug-likeness (QED) is 0.412. The van der Waals surface area contributed by atoms with Gasteiger partial charge >= 0.3 is 0 Å². The van der Waals surface area contributed by atoms with Gasteiger partial charge in [-0.15, -0.1) is 6.42 Å². The maximum Gasteiger partial charge on any atom is 0.236 e. The second kappa shape index (κ2) is 2.42. The Bertz CT molecular complexity index is 382. The molecule has 1 aliphatic rings. The van der Waals surface area contributed by atoms with Crippen LogP contribution in [0.3, 0.4) is 0 Å². The van der Waals surface area contributed by atoms with Crippen molar-refractivity contribution >= 4 is 5.78 Å². The van der Waals surface area contributed by atoms with Gasteiger partial charge in [0.1, 0.15) is 11.1 Å². The Kier molecular flexibility index (Phi) is 1.41. The lowest BCUT2D eigenvalue weighted by Gasteiger charge is -1.90. The van der Waals surface area contributed by atoms with E-state index in [0.29, 0.717) is 12.0 Å². The molecular weight excluding hydrogens is 148 g/mol. The van der Waals surface area contributed by atoms with E-state index in [4.69, 9.17) is 6.42 Å². The van der Waals surface area contributed by atoms with Crippen molar-refractivity contribution in [2.45, 2.75) is 6.42 Å².